The molecule has 2 aromatic rings. The van der Waals surface area contributed by atoms with E-state index in [4.69, 9.17) is 9.47 Å². The van der Waals surface area contributed by atoms with Crippen LogP contribution in [0.4, 0.5) is 0 Å². The molecule has 1 aliphatic rings. The Bertz CT molecular complexity index is 985. The molecular weight excluding hydrogens is 422 g/mol. The van der Waals surface area contributed by atoms with E-state index in [1.165, 1.54) is 0 Å². The maximum absolute atomic E-state index is 13.2. The quantitative estimate of drug-likeness (QED) is 0.537. The second-order valence-corrected chi connectivity index (χ2v) is 8.79. The van der Waals surface area contributed by atoms with Gasteiger partial charge in [0.2, 0.25) is 0 Å². The molecule has 2 N–H and O–H groups in total. The van der Waals surface area contributed by atoms with Gasteiger partial charge >= 0.3 is 0 Å². The third-order valence-electron chi connectivity index (χ3n) is 5.68. The van der Waals surface area contributed by atoms with Crippen LogP contribution < -0.4 is 10.6 Å². The van der Waals surface area contributed by atoms with Crippen molar-refractivity contribution in [3.05, 3.63) is 58.9 Å². The van der Waals surface area contributed by atoms with Crippen molar-refractivity contribution in [1.29, 1.82) is 0 Å². The highest BCUT2D eigenvalue weighted by atomic mass is 16.5. The molecule has 0 saturated heterocycles. The number of ether oxygens (including phenoxy) is 2. The van der Waals surface area contributed by atoms with Gasteiger partial charge in [0.25, 0.3) is 11.8 Å². The summed E-state index contributed by atoms with van der Waals surface area (Å²) in [6.07, 6.45) is 1.32. The number of rotatable bonds is 10. The number of hydrogen-bond acceptors (Lipinski definition) is 5. The van der Waals surface area contributed by atoms with Crippen LogP contribution in [0.25, 0.3) is 0 Å². The summed E-state index contributed by atoms with van der Waals surface area (Å²) in [5.41, 5.74) is 1.21. The van der Waals surface area contributed by atoms with Crippen molar-refractivity contribution in [2.45, 2.75) is 65.0 Å². The fraction of sp³-hybridized carbons (Fsp3) is 0.480. The van der Waals surface area contributed by atoms with Gasteiger partial charge in [-0.25, -0.2) is 0 Å². The lowest BCUT2D eigenvalue weighted by atomic mass is 10.0. The van der Waals surface area contributed by atoms with Crippen LogP contribution in [0.15, 0.2) is 36.4 Å². The minimum absolute atomic E-state index is 0.0547. The number of carbonyl (C=O) groups excluding carboxylic acids is 3. The molecule has 0 aliphatic carbocycles. The van der Waals surface area contributed by atoms with E-state index in [1.807, 2.05) is 51.1 Å². The Balaban J connectivity index is 1.85. The van der Waals surface area contributed by atoms with Crippen molar-refractivity contribution in [2.75, 3.05) is 13.2 Å². The van der Waals surface area contributed by atoms with Crippen molar-refractivity contribution in [3.8, 4) is 0 Å². The molecule has 8 heteroatoms. The van der Waals surface area contributed by atoms with Crippen LogP contribution in [0.1, 0.15) is 72.3 Å². The molecule has 8 nitrogen and oxygen atoms in total. The number of aromatic nitrogens is 1. The highest BCUT2D eigenvalue weighted by Gasteiger charge is 2.32. The second-order valence-electron chi connectivity index (χ2n) is 8.79. The van der Waals surface area contributed by atoms with Crippen LogP contribution in [0.5, 0.6) is 0 Å². The van der Waals surface area contributed by atoms with Crippen LogP contribution in [-0.4, -0.2) is 47.5 Å². The first-order valence-electron chi connectivity index (χ1n) is 11.3. The van der Waals surface area contributed by atoms with Crippen LogP contribution in [0, 0.1) is 0 Å². The minimum atomic E-state index is -1.18. The lowest BCUT2D eigenvalue weighted by molar-refractivity contribution is -0.115. The Morgan fingerprint density at radius 2 is 1.97 bits per heavy atom. The van der Waals surface area contributed by atoms with Gasteiger partial charge in [-0.15, -0.1) is 0 Å². The first-order chi connectivity index (χ1) is 15.8. The fourth-order valence-electron chi connectivity index (χ4n) is 3.81. The van der Waals surface area contributed by atoms with Crippen molar-refractivity contribution in [2.24, 2.45) is 0 Å². The van der Waals surface area contributed by atoms with Gasteiger partial charge in [-0.1, -0.05) is 37.3 Å². The molecule has 0 saturated carbocycles. The van der Waals surface area contributed by atoms with E-state index in [-0.39, 0.29) is 31.3 Å². The third kappa shape index (κ3) is 5.89. The van der Waals surface area contributed by atoms with Crippen molar-refractivity contribution in [1.82, 2.24) is 15.2 Å². The SMILES string of the molecule is CCC(NC(=O)c1cc(C(=O)NC(C)(C=O)COC(C)C)n2c1COCC2)c1ccccc1. The number of hydrogen-bond donors (Lipinski definition) is 2. The summed E-state index contributed by atoms with van der Waals surface area (Å²) < 4.78 is 12.9. The van der Waals surface area contributed by atoms with Gasteiger partial charge in [0, 0.05) is 6.54 Å². The van der Waals surface area contributed by atoms with E-state index >= 15 is 0 Å². The molecule has 0 spiro atoms. The molecule has 2 unspecified atom stereocenters. The van der Waals surface area contributed by atoms with Crippen molar-refractivity contribution < 1.29 is 23.9 Å². The monoisotopic (exact) mass is 455 g/mol. The molecule has 33 heavy (non-hydrogen) atoms. The van der Waals surface area contributed by atoms with Crippen LogP contribution >= 0.6 is 0 Å². The standard InChI is InChI=1S/C25H33N3O5/c1-5-20(18-9-7-6-8-10-18)26-23(30)19-13-21(28-11-12-32-14-22(19)28)24(31)27-25(4,15-29)16-33-17(2)3/h6-10,13,15,17,20H,5,11-12,14,16H2,1-4H3,(H,26,30)(H,27,31). The number of carbonyl (C=O) groups is 3. The average Bonchev–Trinajstić information content (AvgIpc) is 3.22. The van der Waals surface area contributed by atoms with Crippen molar-refractivity contribution >= 4 is 18.1 Å². The highest BCUT2D eigenvalue weighted by Crippen LogP contribution is 2.24. The zero-order valence-corrected chi connectivity index (χ0v) is 19.7. The van der Waals surface area contributed by atoms with Crippen LogP contribution in [0.2, 0.25) is 0 Å². The summed E-state index contributed by atoms with van der Waals surface area (Å²) in [6.45, 7) is 8.52. The molecule has 1 aliphatic heterocycles. The number of fused-ring (bicyclic) bond motifs is 1. The highest BCUT2D eigenvalue weighted by molar-refractivity contribution is 6.01. The number of benzene rings is 1. The van der Waals surface area contributed by atoms with Gasteiger partial charge < -0.3 is 29.5 Å². The van der Waals surface area contributed by atoms with Gasteiger partial charge in [0.1, 0.15) is 17.5 Å². The molecule has 0 fully saturated rings. The molecule has 2 amide bonds. The maximum atomic E-state index is 13.2. The average molecular weight is 456 g/mol. The summed E-state index contributed by atoms with van der Waals surface area (Å²) in [7, 11) is 0. The topological polar surface area (TPSA) is 98.7 Å². The number of nitrogens with one attached hydrogen (secondary N) is 2. The Morgan fingerprint density at radius 1 is 1.24 bits per heavy atom. The predicted molar refractivity (Wildman–Crippen MR) is 124 cm³/mol. The summed E-state index contributed by atoms with van der Waals surface area (Å²) in [5, 5.41) is 5.85. The van der Waals surface area contributed by atoms with E-state index in [1.54, 1.807) is 17.6 Å². The second kappa shape index (κ2) is 10.8. The van der Waals surface area contributed by atoms with Gasteiger partial charge in [0.05, 0.1) is 43.2 Å². The first-order valence-corrected chi connectivity index (χ1v) is 11.3. The zero-order chi connectivity index (χ0) is 24.0. The summed E-state index contributed by atoms with van der Waals surface area (Å²) in [4.78, 5) is 38.1. The number of amides is 2. The fourth-order valence-corrected chi connectivity index (χ4v) is 3.81. The molecule has 2 atom stereocenters. The Morgan fingerprint density at radius 3 is 2.61 bits per heavy atom. The van der Waals surface area contributed by atoms with E-state index in [0.717, 1.165) is 12.0 Å². The summed E-state index contributed by atoms with van der Waals surface area (Å²) >= 11 is 0. The van der Waals surface area contributed by atoms with Crippen LogP contribution in [0.3, 0.4) is 0 Å². The first kappa shape index (κ1) is 24.7. The summed E-state index contributed by atoms with van der Waals surface area (Å²) in [6, 6.07) is 11.2. The van der Waals surface area contributed by atoms with E-state index in [0.29, 0.717) is 36.4 Å². The number of nitrogens with zero attached hydrogens (tertiary/aromatic N) is 1. The zero-order valence-electron chi connectivity index (χ0n) is 19.7. The molecule has 0 bridgehead atoms. The molecule has 1 aromatic carbocycles. The predicted octanol–water partition coefficient (Wildman–Crippen LogP) is 3.01. The van der Waals surface area contributed by atoms with Crippen molar-refractivity contribution in [3.63, 3.8) is 0 Å². The smallest absolute Gasteiger partial charge is 0.268 e. The lowest BCUT2D eigenvalue weighted by Crippen LogP contribution is -2.51. The number of aldehydes is 1. The normalized spacial score (nSPS) is 15.9. The van der Waals surface area contributed by atoms with E-state index in [2.05, 4.69) is 10.6 Å². The van der Waals surface area contributed by atoms with Gasteiger partial charge in [-0.2, -0.15) is 0 Å². The van der Waals surface area contributed by atoms with Gasteiger partial charge in [-0.05, 0) is 38.8 Å². The third-order valence-corrected chi connectivity index (χ3v) is 5.68. The molecule has 3 rings (SSSR count). The molecule has 0 radical (unpaired) electrons. The summed E-state index contributed by atoms with van der Waals surface area (Å²) in [5.74, 6) is -0.699. The molecule has 2 heterocycles. The Hall–Kier alpha value is -2.97. The van der Waals surface area contributed by atoms with E-state index in [9.17, 15) is 14.4 Å². The Labute approximate surface area is 194 Å². The minimum Gasteiger partial charge on any atom is -0.376 e. The molecule has 1 aromatic heterocycles. The lowest BCUT2D eigenvalue weighted by Gasteiger charge is -2.26. The largest absolute Gasteiger partial charge is 0.376 e. The van der Waals surface area contributed by atoms with Crippen LogP contribution in [-0.2, 0) is 27.4 Å². The Kier molecular flexibility index (Phi) is 8.05. The van der Waals surface area contributed by atoms with E-state index < -0.39 is 11.4 Å². The molecule has 178 valence electrons. The van der Waals surface area contributed by atoms with Gasteiger partial charge in [-0.3, -0.25) is 9.59 Å². The molecular formula is C25H33N3O5. The maximum Gasteiger partial charge on any atom is 0.268 e. The van der Waals surface area contributed by atoms with Gasteiger partial charge in [0.15, 0.2) is 0 Å².